The SMILES string of the molecule is CC(C)(C)NC(=O)CNC(=O)Nc1ccc(C#N)c(Cl)c1. The summed E-state index contributed by atoms with van der Waals surface area (Å²) in [5, 5.41) is 16.7. The minimum Gasteiger partial charge on any atom is -0.350 e. The molecular formula is C14H17ClN4O2. The Hall–Kier alpha value is -2.26. The largest absolute Gasteiger partial charge is 0.350 e. The molecule has 0 bridgehead atoms. The highest BCUT2D eigenvalue weighted by atomic mass is 35.5. The van der Waals surface area contributed by atoms with Crippen LogP contribution < -0.4 is 16.0 Å². The quantitative estimate of drug-likeness (QED) is 0.799. The Bertz CT molecular complexity index is 588. The fourth-order valence-electron chi connectivity index (χ4n) is 1.48. The van der Waals surface area contributed by atoms with E-state index in [4.69, 9.17) is 16.9 Å². The summed E-state index contributed by atoms with van der Waals surface area (Å²) in [4.78, 5) is 23.2. The van der Waals surface area contributed by atoms with Gasteiger partial charge in [-0.1, -0.05) is 11.6 Å². The number of hydrogen-bond acceptors (Lipinski definition) is 3. The number of carbonyl (C=O) groups is 2. The average Bonchev–Trinajstić information content (AvgIpc) is 2.34. The van der Waals surface area contributed by atoms with Crippen LogP contribution in [0.3, 0.4) is 0 Å². The normalized spacial score (nSPS) is 10.4. The molecule has 0 aromatic heterocycles. The number of amides is 3. The van der Waals surface area contributed by atoms with Crippen LogP contribution in [-0.2, 0) is 4.79 Å². The molecule has 0 saturated heterocycles. The number of benzene rings is 1. The van der Waals surface area contributed by atoms with E-state index in [-0.39, 0.29) is 23.0 Å². The van der Waals surface area contributed by atoms with E-state index in [0.29, 0.717) is 11.3 Å². The Labute approximate surface area is 128 Å². The molecule has 0 radical (unpaired) electrons. The number of nitriles is 1. The zero-order chi connectivity index (χ0) is 16.0. The predicted octanol–water partition coefficient (Wildman–Crippen LogP) is 2.25. The first-order chi connectivity index (χ1) is 9.71. The molecule has 0 aliphatic carbocycles. The Balaban J connectivity index is 2.50. The van der Waals surface area contributed by atoms with E-state index in [1.165, 1.54) is 12.1 Å². The zero-order valence-electron chi connectivity index (χ0n) is 12.1. The lowest BCUT2D eigenvalue weighted by Gasteiger charge is -2.20. The van der Waals surface area contributed by atoms with E-state index in [2.05, 4.69) is 16.0 Å². The molecule has 6 nitrogen and oxygen atoms in total. The van der Waals surface area contributed by atoms with Crippen LogP contribution in [0.1, 0.15) is 26.3 Å². The summed E-state index contributed by atoms with van der Waals surface area (Å²) in [5.41, 5.74) is 0.413. The van der Waals surface area contributed by atoms with Crippen LogP contribution in [0.5, 0.6) is 0 Å². The highest BCUT2D eigenvalue weighted by molar-refractivity contribution is 6.32. The van der Waals surface area contributed by atoms with Crippen LogP contribution in [0.2, 0.25) is 5.02 Å². The van der Waals surface area contributed by atoms with E-state index < -0.39 is 6.03 Å². The number of rotatable bonds is 3. The standard InChI is InChI=1S/C14H17ClN4O2/c1-14(2,3)19-12(20)8-17-13(21)18-10-5-4-9(7-16)11(15)6-10/h4-6H,8H2,1-3H3,(H,19,20)(H2,17,18,21). The summed E-state index contributed by atoms with van der Waals surface area (Å²) in [6.07, 6.45) is 0. The maximum Gasteiger partial charge on any atom is 0.319 e. The van der Waals surface area contributed by atoms with Gasteiger partial charge in [-0.2, -0.15) is 5.26 Å². The molecule has 112 valence electrons. The van der Waals surface area contributed by atoms with Gasteiger partial charge >= 0.3 is 6.03 Å². The Morgan fingerprint density at radius 1 is 1.33 bits per heavy atom. The van der Waals surface area contributed by atoms with Gasteiger partial charge in [0.2, 0.25) is 5.91 Å². The second-order valence-corrected chi connectivity index (χ2v) is 5.82. The van der Waals surface area contributed by atoms with Crippen molar-refractivity contribution in [1.82, 2.24) is 10.6 Å². The van der Waals surface area contributed by atoms with Crippen LogP contribution in [0.25, 0.3) is 0 Å². The number of nitrogens with zero attached hydrogens (tertiary/aromatic N) is 1. The van der Waals surface area contributed by atoms with Crippen LogP contribution >= 0.6 is 11.6 Å². The minimum atomic E-state index is -0.528. The van der Waals surface area contributed by atoms with Gasteiger partial charge in [-0.15, -0.1) is 0 Å². The van der Waals surface area contributed by atoms with Gasteiger partial charge in [0, 0.05) is 11.2 Å². The van der Waals surface area contributed by atoms with Crippen molar-refractivity contribution in [2.45, 2.75) is 26.3 Å². The molecule has 0 aliphatic heterocycles. The fourth-order valence-corrected chi connectivity index (χ4v) is 1.70. The zero-order valence-corrected chi connectivity index (χ0v) is 12.8. The highest BCUT2D eigenvalue weighted by Crippen LogP contribution is 2.19. The topological polar surface area (TPSA) is 94.0 Å². The molecule has 3 amide bonds. The number of urea groups is 1. The molecule has 0 aliphatic rings. The molecule has 0 heterocycles. The Morgan fingerprint density at radius 3 is 2.52 bits per heavy atom. The van der Waals surface area contributed by atoms with Gasteiger partial charge in [0.05, 0.1) is 17.1 Å². The number of nitrogens with one attached hydrogen (secondary N) is 3. The predicted molar refractivity (Wildman–Crippen MR) is 81.1 cm³/mol. The number of hydrogen-bond donors (Lipinski definition) is 3. The minimum absolute atomic E-state index is 0.132. The number of carbonyl (C=O) groups excluding carboxylic acids is 2. The van der Waals surface area contributed by atoms with Crippen molar-refractivity contribution in [3.63, 3.8) is 0 Å². The van der Waals surface area contributed by atoms with Gasteiger partial charge in [-0.3, -0.25) is 4.79 Å². The average molecular weight is 309 g/mol. The van der Waals surface area contributed by atoms with Crippen molar-refractivity contribution in [3.05, 3.63) is 28.8 Å². The van der Waals surface area contributed by atoms with Gasteiger partial charge in [-0.05, 0) is 39.0 Å². The van der Waals surface area contributed by atoms with Crippen LogP contribution in [-0.4, -0.2) is 24.0 Å². The third kappa shape index (κ3) is 6.15. The molecule has 1 aromatic carbocycles. The molecule has 21 heavy (non-hydrogen) atoms. The van der Waals surface area contributed by atoms with Crippen molar-refractivity contribution < 1.29 is 9.59 Å². The van der Waals surface area contributed by atoms with Crippen LogP contribution in [0.4, 0.5) is 10.5 Å². The highest BCUT2D eigenvalue weighted by Gasteiger charge is 2.14. The number of anilines is 1. The van der Waals surface area contributed by atoms with E-state index >= 15 is 0 Å². The van der Waals surface area contributed by atoms with Crippen LogP contribution in [0.15, 0.2) is 18.2 Å². The third-order valence-corrected chi connectivity index (χ3v) is 2.58. The van der Waals surface area contributed by atoms with E-state index in [9.17, 15) is 9.59 Å². The molecule has 0 fully saturated rings. The summed E-state index contributed by atoms with van der Waals surface area (Å²) in [6.45, 7) is 5.42. The summed E-state index contributed by atoms with van der Waals surface area (Å²) < 4.78 is 0. The van der Waals surface area contributed by atoms with Crippen molar-refractivity contribution in [3.8, 4) is 6.07 Å². The summed E-state index contributed by atoms with van der Waals surface area (Å²) in [7, 11) is 0. The summed E-state index contributed by atoms with van der Waals surface area (Å²) in [6, 6.07) is 5.92. The smallest absolute Gasteiger partial charge is 0.319 e. The molecule has 0 spiro atoms. The van der Waals surface area contributed by atoms with Crippen molar-refractivity contribution in [2.75, 3.05) is 11.9 Å². The molecule has 3 N–H and O–H groups in total. The van der Waals surface area contributed by atoms with Gasteiger partial charge in [0.15, 0.2) is 0 Å². The third-order valence-electron chi connectivity index (χ3n) is 2.27. The maximum atomic E-state index is 11.6. The van der Waals surface area contributed by atoms with E-state index in [0.717, 1.165) is 0 Å². The number of halogens is 1. The lowest BCUT2D eigenvalue weighted by molar-refractivity contribution is -0.121. The lowest BCUT2D eigenvalue weighted by atomic mass is 10.1. The van der Waals surface area contributed by atoms with Crippen molar-refractivity contribution in [1.29, 1.82) is 5.26 Å². The van der Waals surface area contributed by atoms with Crippen LogP contribution in [0, 0.1) is 11.3 Å². The molecule has 0 saturated carbocycles. The molecular weight excluding hydrogens is 292 g/mol. The van der Waals surface area contributed by atoms with Gasteiger partial charge in [-0.25, -0.2) is 4.79 Å². The monoisotopic (exact) mass is 308 g/mol. The Kier molecular flexibility index (Phi) is 5.56. The molecule has 0 unspecified atom stereocenters. The maximum absolute atomic E-state index is 11.6. The summed E-state index contributed by atoms with van der Waals surface area (Å²) in [5.74, 6) is -0.282. The first-order valence-electron chi connectivity index (χ1n) is 6.27. The van der Waals surface area contributed by atoms with Crippen molar-refractivity contribution in [2.24, 2.45) is 0 Å². The van der Waals surface area contributed by atoms with Gasteiger partial charge < -0.3 is 16.0 Å². The second-order valence-electron chi connectivity index (χ2n) is 5.41. The lowest BCUT2D eigenvalue weighted by Crippen LogP contribution is -2.46. The Morgan fingerprint density at radius 2 is 2.00 bits per heavy atom. The molecule has 1 aromatic rings. The summed E-state index contributed by atoms with van der Waals surface area (Å²) >= 11 is 5.85. The van der Waals surface area contributed by atoms with Crippen molar-refractivity contribution >= 4 is 29.2 Å². The molecule has 0 atom stereocenters. The molecule has 1 rings (SSSR count). The first-order valence-corrected chi connectivity index (χ1v) is 6.64. The van der Waals surface area contributed by atoms with Gasteiger partial charge in [0.25, 0.3) is 0 Å². The fraction of sp³-hybridized carbons (Fsp3) is 0.357. The molecule has 7 heteroatoms. The van der Waals surface area contributed by atoms with Gasteiger partial charge in [0.1, 0.15) is 6.07 Å². The first kappa shape index (κ1) is 16.8. The van der Waals surface area contributed by atoms with E-state index in [1.54, 1.807) is 6.07 Å². The van der Waals surface area contributed by atoms with E-state index in [1.807, 2.05) is 26.8 Å². The second kappa shape index (κ2) is 6.95.